The highest BCUT2D eigenvalue weighted by Crippen LogP contribution is 2.30. The molecular formula is C14H19NOS. The Morgan fingerprint density at radius 1 is 1.29 bits per heavy atom. The molecule has 1 aromatic carbocycles. The first kappa shape index (κ1) is 12.6. The van der Waals surface area contributed by atoms with Gasteiger partial charge in [0.25, 0.3) is 0 Å². The largest absolute Gasteiger partial charge is 0.394 e. The lowest BCUT2D eigenvalue weighted by Gasteiger charge is -2.17. The third-order valence-electron chi connectivity index (χ3n) is 2.84. The molecular weight excluding hydrogens is 230 g/mol. The van der Waals surface area contributed by atoms with Gasteiger partial charge in [0.15, 0.2) is 0 Å². The fourth-order valence-corrected chi connectivity index (χ4v) is 2.93. The van der Waals surface area contributed by atoms with Gasteiger partial charge < -0.3 is 10.4 Å². The van der Waals surface area contributed by atoms with Crippen molar-refractivity contribution < 1.29 is 5.11 Å². The summed E-state index contributed by atoms with van der Waals surface area (Å²) in [7, 11) is 0. The summed E-state index contributed by atoms with van der Waals surface area (Å²) in [5.41, 5.74) is 1.22. The van der Waals surface area contributed by atoms with Gasteiger partial charge >= 0.3 is 0 Å². The Balaban J connectivity index is 2.24. The number of hydrogen-bond donors (Lipinski definition) is 2. The fourth-order valence-electron chi connectivity index (χ4n) is 1.92. The number of hydrogen-bond acceptors (Lipinski definition) is 3. The van der Waals surface area contributed by atoms with Crippen molar-refractivity contribution in [2.45, 2.75) is 19.9 Å². The maximum absolute atomic E-state index is 9.51. The van der Waals surface area contributed by atoms with Crippen molar-refractivity contribution in [3.63, 3.8) is 0 Å². The van der Waals surface area contributed by atoms with Gasteiger partial charge in [-0.05, 0) is 34.9 Å². The van der Waals surface area contributed by atoms with Gasteiger partial charge in [0, 0.05) is 4.70 Å². The summed E-state index contributed by atoms with van der Waals surface area (Å²) in [6.45, 7) is 5.42. The monoisotopic (exact) mass is 249 g/mol. The summed E-state index contributed by atoms with van der Waals surface area (Å²) >= 11 is 1.74. The van der Waals surface area contributed by atoms with E-state index >= 15 is 0 Å². The number of fused-ring (bicyclic) bond motifs is 1. The lowest BCUT2D eigenvalue weighted by atomic mass is 10.1. The van der Waals surface area contributed by atoms with Crippen molar-refractivity contribution in [1.82, 2.24) is 5.32 Å². The van der Waals surface area contributed by atoms with E-state index in [1.807, 2.05) is 0 Å². The van der Waals surface area contributed by atoms with Gasteiger partial charge in [-0.15, -0.1) is 11.3 Å². The summed E-state index contributed by atoms with van der Waals surface area (Å²) in [6, 6.07) is 8.41. The number of rotatable bonds is 5. The highest BCUT2D eigenvalue weighted by molar-refractivity contribution is 7.17. The lowest BCUT2D eigenvalue weighted by molar-refractivity contribution is 0.242. The third-order valence-corrected chi connectivity index (χ3v) is 3.82. The zero-order valence-electron chi connectivity index (χ0n) is 10.3. The molecule has 92 valence electrons. The van der Waals surface area contributed by atoms with E-state index < -0.39 is 0 Å². The first-order valence-corrected chi connectivity index (χ1v) is 6.90. The second-order valence-electron chi connectivity index (χ2n) is 4.72. The summed E-state index contributed by atoms with van der Waals surface area (Å²) in [5.74, 6) is 0.592. The molecule has 2 rings (SSSR count). The van der Waals surface area contributed by atoms with Crippen LogP contribution in [-0.2, 0) is 0 Å². The van der Waals surface area contributed by atoms with Crippen LogP contribution in [0.1, 0.15) is 25.5 Å². The Morgan fingerprint density at radius 2 is 2.06 bits per heavy atom. The van der Waals surface area contributed by atoms with Crippen molar-refractivity contribution in [1.29, 1.82) is 0 Å². The van der Waals surface area contributed by atoms with Gasteiger partial charge in [0.05, 0.1) is 12.6 Å². The normalized spacial score (nSPS) is 13.4. The van der Waals surface area contributed by atoms with Crippen molar-refractivity contribution in [2.75, 3.05) is 13.2 Å². The maximum atomic E-state index is 9.51. The minimum Gasteiger partial charge on any atom is -0.394 e. The Morgan fingerprint density at radius 3 is 2.76 bits per heavy atom. The summed E-state index contributed by atoms with van der Waals surface area (Å²) < 4.78 is 1.28. The number of aliphatic hydroxyl groups is 1. The van der Waals surface area contributed by atoms with Crippen LogP contribution < -0.4 is 5.32 Å². The van der Waals surface area contributed by atoms with Crippen LogP contribution in [-0.4, -0.2) is 18.3 Å². The molecule has 0 aliphatic rings. The molecule has 2 N–H and O–H groups in total. The zero-order chi connectivity index (χ0) is 12.3. The Bertz CT molecular complexity index is 478. The van der Waals surface area contributed by atoms with E-state index in [0.717, 1.165) is 6.54 Å². The minimum atomic E-state index is 0.0496. The molecule has 0 saturated carbocycles. The van der Waals surface area contributed by atoms with E-state index in [4.69, 9.17) is 0 Å². The van der Waals surface area contributed by atoms with Crippen molar-refractivity contribution in [2.24, 2.45) is 5.92 Å². The van der Waals surface area contributed by atoms with E-state index in [-0.39, 0.29) is 12.6 Å². The molecule has 1 aromatic heterocycles. The average Bonchev–Trinajstić information content (AvgIpc) is 2.74. The van der Waals surface area contributed by atoms with E-state index in [9.17, 15) is 5.11 Å². The topological polar surface area (TPSA) is 32.3 Å². The summed E-state index contributed by atoms with van der Waals surface area (Å²) in [4.78, 5) is 0. The second kappa shape index (κ2) is 5.63. The van der Waals surface area contributed by atoms with Crippen LogP contribution in [0.15, 0.2) is 29.6 Å². The molecule has 0 aliphatic carbocycles. The van der Waals surface area contributed by atoms with Gasteiger partial charge in [-0.25, -0.2) is 0 Å². The molecule has 1 heterocycles. The number of nitrogens with one attached hydrogen (secondary N) is 1. The van der Waals surface area contributed by atoms with Crippen LogP contribution in [0.5, 0.6) is 0 Å². The molecule has 1 unspecified atom stereocenters. The first-order valence-electron chi connectivity index (χ1n) is 6.02. The molecule has 0 bridgehead atoms. The molecule has 0 radical (unpaired) electrons. The van der Waals surface area contributed by atoms with Gasteiger partial charge in [0.1, 0.15) is 0 Å². The molecule has 0 aliphatic heterocycles. The van der Waals surface area contributed by atoms with Crippen molar-refractivity contribution >= 4 is 21.4 Å². The molecule has 3 heteroatoms. The van der Waals surface area contributed by atoms with Crippen molar-refractivity contribution in [3.8, 4) is 0 Å². The van der Waals surface area contributed by atoms with Gasteiger partial charge in [-0.1, -0.05) is 32.0 Å². The molecule has 0 fully saturated rings. The molecule has 1 atom stereocenters. The lowest BCUT2D eigenvalue weighted by Crippen LogP contribution is -2.27. The zero-order valence-corrected chi connectivity index (χ0v) is 11.1. The fraction of sp³-hybridized carbons (Fsp3) is 0.429. The molecule has 2 aromatic rings. The van der Waals surface area contributed by atoms with Crippen LogP contribution in [0.2, 0.25) is 0 Å². The highest BCUT2D eigenvalue weighted by Gasteiger charge is 2.14. The number of benzene rings is 1. The minimum absolute atomic E-state index is 0.0496. The predicted octanol–water partition coefficient (Wildman–Crippen LogP) is 3.18. The molecule has 17 heavy (non-hydrogen) atoms. The van der Waals surface area contributed by atoms with E-state index in [1.165, 1.54) is 15.6 Å². The summed E-state index contributed by atoms with van der Waals surface area (Å²) in [5, 5.41) is 16.3. The van der Waals surface area contributed by atoms with E-state index in [1.54, 1.807) is 11.3 Å². The Labute approximate surface area is 106 Å². The average molecular weight is 249 g/mol. The van der Waals surface area contributed by atoms with Crippen LogP contribution in [0.25, 0.3) is 10.1 Å². The van der Waals surface area contributed by atoms with Crippen LogP contribution in [0.3, 0.4) is 0 Å². The third kappa shape index (κ3) is 2.86. The highest BCUT2D eigenvalue weighted by atomic mass is 32.1. The second-order valence-corrected chi connectivity index (χ2v) is 5.64. The van der Waals surface area contributed by atoms with Gasteiger partial charge in [0.2, 0.25) is 0 Å². The van der Waals surface area contributed by atoms with Crippen LogP contribution in [0, 0.1) is 5.92 Å². The van der Waals surface area contributed by atoms with Gasteiger partial charge in [-0.2, -0.15) is 0 Å². The van der Waals surface area contributed by atoms with E-state index in [2.05, 4.69) is 48.8 Å². The molecule has 2 nitrogen and oxygen atoms in total. The summed E-state index contributed by atoms with van der Waals surface area (Å²) in [6.07, 6.45) is 0. The standard InChI is InChI=1S/C14H19NOS/c1-10(2)7-15-13(8-16)12-9-17-14-6-4-3-5-11(12)14/h3-6,9-10,13,15-16H,7-8H2,1-2H3. The van der Waals surface area contributed by atoms with Crippen LogP contribution >= 0.6 is 11.3 Å². The molecule has 0 saturated heterocycles. The molecule has 0 amide bonds. The van der Waals surface area contributed by atoms with Crippen LogP contribution in [0.4, 0.5) is 0 Å². The van der Waals surface area contributed by atoms with Gasteiger partial charge in [-0.3, -0.25) is 0 Å². The van der Waals surface area contributed by atoms with Crippen molar-refractivity contribution in [3.05, 3.63) is 35.2 Å². The number of thiophene rings is 1. The molecule has 0 spiro atoms. The Kier molecular flexibility index (Phi) is 4.15. The number of aliphatic hydroxyl groups excluding tert-OH is 1. The quantitative estimate of drug-likeness (QED) is 0.853. The van der Waals surface area contributed by atoms with E-state index in [0.29, 0.717) is 5.92 Å². The smallest absolute Gasteiger partial charge is 0.0627 e. The SMILES string of the molecule is CC(C)CNC(CO)c1csc2ccccc12. The maximum Gasteiger partial charge on any atom is 0.0627 e. The first-order chi connectivity index (χ1) is 8.22. The predicted molar refractivity (Wildman–Crippen MR) is 74.5 cm³/mol. The Hall–Kier alpha value is -0.900.